The van der Waals surface area contributed by atoms with Crippen molar-refractivity contribution < 1.29 is 20.1 Å². The van der Waals surface area contributed by atoms with Crippen LogP contribution >= 0.6 is 0 Å². The van der Waals surface area contributed by atoms with Gasteiger partial charge in [-0.05, 0) is 19.8 Å². The predicted molar refractivity (Wildman–Crippen MR) is 46.3 cm³/mol. The molecule has 0 aromatic carbocycles. The van der Waals surface area contributed by atoms with Gasteiger partial charge in [-0.3, -0.25) is 0 Å². The van der Waals surface area contributed by atoms with Crippen molar-refractivity contribution in [1.29, 1.82) is 0 Å². The fraction of sp³-hybridized carbons (Fsp3) is 0.889. The lowest BCUT2D eigenvalue weighted by molar-refractivity contribution is -0.194. The van der Waals surface area contributed by atoms with Gasteiger partial charge in [-0.25, -0.2) is 4.79 Å². The highest BCUT2D eigenvalue weighted by molar-refractivity contribution is 5.78. The van der Waals surface area contributed by atoms with E-state index in [9.17, 15) is 15.0 Å². The van der Waals surface area contributed by atoms with Gasteiger partial charge >= 0.3 is 5.97 Å². The quantitative estimate of drug-likeness (QED) is 0.590. The third-order valence-electron chi connectivity index (χ3n) is 3.00. The first kappa shape index (κ1) is 10.5. The summed E-state index contributed by atoms with van der Waals surface area (Å²) in [6, 6.07) is 0. The molecule has 1 aliphatic carbocycles. The molecule has 1 atom stereocenters. The van der Waals surface area contributed by atoms with E-state index >= 15 is 0 Å². The van der Waals surface area contributed by atoms with Crippen molar-refractivity contribution in [3.8, 4) is 0 Å². The van der Waals surface area contributed by atoms with Crippen LogP contribution in [0.15, 0.2) is 0 Å². The summed E-state index contributed by atoms with van der Waals surface area (Å²) in [4.78, 5) is 10.7. The van der Waals surface area contributed by atoms with E-state index in [2.05, 4.69) is 0 Å². The first-order valence-corrected chi connectivity index (χ1v) is 4.58. The molecule has 1 rings (SSSR count). The molecule has 1 saturated carbocycles. The fourth-order valence-electron chi connectivity index (χ4n) is 1.82. The van der Waals surface area contributed by atoms with E-state index in [0.717, 1.165) is 19.3 Å². The number of carbonyl (C=O) groups is 1. The molecule has 0 spiro atoms. The highest BCUT2D eigenvalue weighted by atomic mass is 16.4. The van der Waals surface area contributed by atoms with Crippen LogP contribution in [0.3, 0.4) is 0 Å². The maximum atomic E-state index is 10.7. The van der Waals surface area contributed by atoms with Crippen LogP contribution in [0.4, 0.5) is 0 Å². The topological polar surface area (TPSA) is 77.8 Å². The second-order valence-electron chi connectivity index (χ2n) is 3.97. The number of rotatable bonds is 2. The van der Waals surface area contributed by atoms with Gasteiger partial charge in [0.1, 0.15) is 5.60 Å². The normalized spacial score (nSPS) is 26.4. The van der Waals surface area contributed by atoms with Crippen molar-refractivity contribution in [2.75, 3.05) is 0 Å². The Bertz CT molecular complexity index is 204. The van der Waals surface area contributed by atoms with E-state index in [0.29, 0.717) is 12.8 Å². The van der Waals surface area contributed by atoms with Crippen LogP contribution in [0.2, 0.25) is 0 Å². The molecule has 4 nitrogen and oxygen atoms in total. The van der Waals surface area contributed by atoms with E-state index in [-0.39, 0.29) is 0 Å². The zero-order valence-corrected chi connectivity index (χ0v) is 7.79. The first-order valence-electron chi connectivity index (χ1n) is 4.58. The van der Waals surface area contributed by atoms with Gasteiger partial charge in [-0.15, -0.1) is 0 Å². The molecule has 0 amide bonds. The third-order valence-corrected chi connectivity index (χ3v) is 3.00. The molecule has 3 N–H and O–H groups in total. The molecule has 4 heteroatoms. The maximum Gasteiger partial charge on any atom is 0.338 e. The molecule has 0 aromatic rings. The van der Waals surface area contributed by atoms with Gasteiger partial charge in [0, 0.05) is 0 Å². The minimum atomic E-state index is -2.02. The van der Waals surface area contributed by atoms with Crippen molar-refractivity contribution in [3.05, 3.63) is 0 Å². The second-order valence-corrected chi connectivity index (χ2v) is 3.97. The lowest BCUT2D eigenvalue weighted by Crippen LogP contribution is -2.58. The van der Waals surface area contributed by atoms with Gasteiger partial charge in [0.2, 0.25) is 0 Å². The van der Waals surface area contributed by atoms with Gasteiger partial charge in [0.05, 0.1) is 0 Å². The number of carboxylic acid groups (broad SMARTS) is 1. The molecule has 1 fully saturated rings. The lowest BCUT2D eigenvalue weighted by Gasteiger charge is -2.40. The summed E-state index contributed by atoms with van der Waals surface area (Å²) in [7, 11) is 0. The van der Waals surface area contributed by atoms with Gasteiger partial charge in [0.15, 0.2) is 5.60 Å². The first-order chi connectivity index (χ1) is 5.90. The van der Waals surface area contributed by atoms with Crippen molar-refractivity contribution in [3.63, 3.8) is 0 Å². The molecule has 0 aliphatic heterocycles. The Hall–Kier alpha value is -0.610. The van der Waals surface area contributed by atoms with Gasteiger partial charge in [-0.1, -0.05) is 19.3 Å². The van der Waals surface area contributed by atoms with E-state index in [4.69, 9.17) is 5.11 Å². The van der Waals surface area contributed by atoms with Gasteiger partial charge in [-0.2, -0.15) is 0 Å². The number of carboxylic acids is 1. The van der Waals surface area contributed by atoms with Gasteiger partial charge in [0.25, 0.3) is 0 Å². The molecule has 1 unspecified atom stereocenters. The van der Waals surface area contributed by atoms with Crippen LogP contribution in [0.5, 0.6) is 0 Å². The molecular formula is C9H16O4. The Morgan fingerprint density at radius 1 is 1.31 bits per heavy atom. The summed E-state index contributed by atoms with van der Waals surface area (Å²) in [5.41, 5.74) is -3.47. The van der Waals surface area contributed by atoms with Crippen LogP contribution in [0.1, 0.15) is 39.0 Å². The predicted octanol–water partition coefficient (Wildman–Crippen LogP) is 0.517. The molecule has 0 aromatic heterocycles. The minimum absolute atomic E-state index is 0.367. The van der Waals surface area contributed by atoms with E-state index in [1.807, 2.05) is 0 Å². The van der Waals surface area contributed by atoms with Crippen LogP contribution in [-0.2, 0) is 4.79 Å². The smallest absolute Gasteiger partial charge is 0.338 e. The number of hydrogen-bond donors (Lipinski definition) is 3. The largest absolute Gasteiger partial charge is 0.479 e. The summed E-state index contributed by atoms with van der Waals surface area (Å²) >= 11 is 0. The van der Waals surface area contributed by atoms with Crippen LogP contribution in [0, 0.1) is 0 Å². The van der Waals surface area contributed by atoms with Crippen LogP contribution < -0.4 is 0 Å². The Balaban J connectivity index is 2.82. The molecule has 76 valence electrons. The standard InChI is InChI=1S/C9H16O4/c1-8(12,7(10)11)9(13)5-3-2-4-6-9/h12-13H,2-6H2,1H3,(H,10,11). The van der Waals surface area contributed by atoms with Crippen molar-refractivity contribution in [2.24, 2.45) is 0 Å². The van der Waals surface area contributed by atoms with E-state index in [1.54, 1.807) is 0 Å². The number of aliphatic carboxylic acids is 1. The highest BCUT2D eigenvalue weighted by Crippen LogP contribution is 2.36. The third kappa shape index (κ3) is 1.69. The molecular weight excluding hydrogens is 172 g/mol. The van der Waals surface area contributed by atoms with Crippen LogP contribution in [0.25, 0.3) is 0 Å². The molecule has 0 radical (unpaired) electrons. The number of aliphatic hydroxyl groups is 2. The summed E-state index contributed by atoms with van der Waals surface area (Å²) in [5, 5.41) is 28.3. The Morgan fingerprint density at radius 2 is 1.77 bits per heavy atom. The molecule has 0 bridgehead atoms. The second kappa shape index (κ2) is 3.27. The molecule has 13 heavy (non-hydrogen) atoms. The fourth-order valence-corrected chi connectivity index (χ4v) is 1.82. The average molecular weight is 188 g/mol. The molecule has 1 aliphatic rings. The Kier molecular flexibility index (Phi) is 2.63. The van der Waals surface area contributed by atoms with E-state index < -0.39 is 17.2 Å². The van der Waals surface area contributed by atoms with Crippen molar-refractivity contribution >= 4 is 5.97 Å². The van der Waals surface area contributed by atoms with Crippen molar-refractivity contribution in [1.82, 2.24) is 0 Å². The minimum Gasteiger partial charge on any atom is -0.479 e. The summed E-state index contributed by atoms with van der Waals surface area (Å²) < 4.78 is 0. The summed E-state index contributed by atoms with van der Waals surface area (Å²) in [5.74, 6) is -1.35. The van der Waals surface area contributed by atoms with Crippen molar-refractivity contribution in [2.45, 2.75) is 50.2 Å². The zero-order chi connectivity index (χ0) is 10.1. The molecule has 0 saturated heterocycles. The average Bonchev–Trinajstić information content (AvgIpc) is 2.05. The van der Waals surface area contributed by atoms with Gasteiger partial charge < -0.3 is 15.3 Å². The highest BCUT2D eigenvalue weighted by Gasteiger charge is 2.51. The summed E-state index contributed by atoms with van der Waals surface area (Å²) in [6.45, 7) is 1.17. The number of hydrogen-bond acceptors (Lipinski definition) is 3. The maximum absolute atomic E-state index is 10.7. The zero-order valence-electron chi connectivity index (χ0n) is 7.79. The lowest BCUT2D eigenvalue weighted by atomic mass is 9.73. The Labute approximate surface area is 77.2 Å². The van der Waals surface area contributed by atoms with Crippen LogP contribution in [-0.4, -0.2) is 32.5 Å². The SMILES string of the molecule is CC(O)(C(=O)O)C1(O)CCCCC1. The molecule has 0 heterocycles. The van der Waals surface area contributed by atoms with E-state index in [1.165, 1.54) is 6.92 Å². The monoisotopic (exact) mass is 188 g/mol. The summed E-state index contributed by atoms with van der Waals surface area (Å²) in [6.07, 6.45) is 3.29. The Morgan fingerprint density at radius 3 is 2.15 bits per heavy atom.